The van der Waals surface area contributed by atoms with E-state index in [1.165, 1.54) is 11.3 Å². The SMILES string of the molecule is CC.CCC.CN(CCCSCCCn1c(=O)n(CCCS)c(=O)n(CCCS)c1=O)C(=O)N(CCCS)C(=O)N(C=O)CCCS. The fourth-order valence-electron chi connectivity index (χ4n) is 3.94. The number of urea groups is 2. The molecule has 1 aromatic rings. The molecule has 0 saturated heterocycles. The van der Waals surface area contributed by atoms with Gasteiger partial charge in [-0.3, -0.25) is 9.69 Å². The standard InChI is InChI=1S/C25H44N6O6S5.C3H8.C2H6/c1-26(21(33)28(10-3-15-39)22(34)27(20-32)9-2-14-38)8-6-18-42-19-7-13-31-24(36)29(11-4-16-40)23(35)30(25(31)37)12-5-17-41;1-3-2;1-2/h20,38-41H,2-19H2,1H3;3H2,1-2H3;1-2H3. The van der Waals surface area contributed by atoms with Crippen LogP contribution in [0.1, 0.15) is 72.6 Å². The van der Waals surface area contributed by atoms with Crippen molar-refractivity contribution in [3.05, 3.63) is 31.5 Å². The van der Waals surface area contributed by atoms with Crippen LogP contribution in [0.15, 0.2) is 14.4 Å². The number of hydrogen-bond acceptors (Lipinski definition) is 11. The zero-order valence-electron chi connectivity index (χ0n) is 28.8. The Balaban J connectivity index is 0. The van der Waals surface area contributed by atoms with Crippen molar-refractivity contribution in [2.75, 3.05) is 61.2 Å². The molecule has 0 aliphatic carbocycles. The lowest BCUT2D eigenvalue weighted by Gasteiger charge is -2.29. The summed E-state index contributed by atoms with van der Waals surface area (Å²) in [6.45, 7) is 9.58. The number of rotatable bonds is 21. The van der Waals surface area contributed by atoms with Crippen LogP contribution in [0.2, 0.25) is 0 Å². The molecule has 0 bridgehead atoms. The van der Waals surface area contributed by atoms with Gasteiger partial charge in [0.15, 0.2) is 0 Å². The number of hydrogen-bond donors (Lipinski definition) is 4. The Morgan fingerprint density at radius 3 is 1.49 bits per heavy atom. The molecule has 12 nitrogen and oxygen atoms in total. The molecule has 1 aromatic heterocycles. The van der Waals surface area contributed by atoms with Crippen LogP contribution in [0, 0.1) is 0 Å². The van der Waals surface area contributed by atoms with Crippen LogP contribution >= 0.6 is 62.3 Å². The average molecular weight is 759 g/mol. The summed E-state index contributed by atoms with van der Waals surface area (Å²) in [6, 6.07) is -1.14. The van der Waals surface area contributed by atoms with Crippen LogP contribution in [0.4, 0.5) is 9.59 Å². The lowest BCUT2D eigenvalue weighted by molar-refractivity contribution is -0.116. The first-order valence-corrected chi connectivity index (χ1v) is 20.0. The second-order valence-corrected chi connectivity index (χ2v) is 13.1. The molecular formula is C30H58N6O6S5. The van der Waals surface area contributed by atoms with Crippen molar-refractivity contribution in [1.29, 1.82) is 0 Å². The quantitative estimate of drug-likeness (QED) is 0.0836. The van der Waals surface area contributed by atoms with Crippen molar-refractivity contribution in [3.63, 3.8) is 0 Å². The first-order chi connectivity index (χ1) is 22.6. The fraction of sp³-hybridized carbons (Fsp3) is 0.800. The van der Waals surface area contributed by atoms with E-state index in [2.05, 4.69) is 64.4 Å². The van der Waals surface area contributed by atoms with Crippen molar-refractivity contribution in [2.45, 2.75) is 92.3 Å². The third kappa shape index (κ3) is 18.2. The number of thiol groups is 4. The molecule has 5 amide bonds. The first-order valence-electron chi connectivity index (χ1n) is 16.4. The molecule has 0 aromatic carbocycles. The van der Waals surface area contributed by atoms with E-state index in [-0.39, 0.29) is 32.7 Å². The van der Waals surface area contributed by atoms with Crippen LogP contribution in [0.3, 0.4) is 0 Å². The van der Waals surface area contributed by atoms with Crippen LogP contribution < -0.4 is 17.1 Å². The Kier molecular flexibility index (Phi) is 31.1. The van der Waals surface area contributed by atoms with Crippen molar-refractivity contribution < 1.29 is 14.4 Å². The molecule has 274 valence electrons. The summed E-state index contributed by atoms with van der Waals surface area (Å²) in [5.41, 5.74) is -1.80. The zero-order chi connectivity index (χ0) is 36.2. The molecule has 0 atom stereocenters. The average Bonchev–Trinajstić information content (AvgIpc) is 3.07. The zero-order valence-corrected chi connectivity index (χ0v) is 33.2. The molecule has 1 rings (SSSR count). The maximum Gasteiger partial charge on any atom is 0.336 e. The largest absolute Gasteiger partial charge is 0.336 e. The molecule has 0 unspecified atom stereocenters. The number of carbonyl (C=O) groups is 3. The molecule has 0 spiro atoms. The summed E-state index contributed by atoms with van der Waals surface area (Å²) >= 11 is 18.2. The second-order valence-electron chi connectivity index (χ2n) is 10.1. The summed E-state index contributed by atoms with van der Waals surface area (Å²) in [7, 11) is 1.61. The van der Waals surface area contributed by atoms with Crippen molar-refractivity contribution in [3.8, 4) is 0 Å². The van der Waals surface area contributed by atoms with E-state index in [0.29, 0.717) is 86.0 Å². The van der Waals surface area contributed by atoms with E-state index in [9.17, 15) is 28.8 Å². The van der Waals surface area contributed by atoms with Gasteiger partial charge in [0.05, 0.1) is 0 Å². The van der Waals surface area contributed by atoms with Crippen molar-refractivity contribution >= 4 is 80.7 Å². The molecule has 0 radical (unpaired) electrons. The predicted octanol–water partition coefficient (Wildman–Crippen LogP) is 4.34. The predicted molar refractivity (Wildman–Crippen MR) is 210 cm³/mol. The molecule has 0 fully saturated rings. The van der Waals surface area contributed by atoms with E-state index >= 15 is 0 Å². The third-order valence-electron chi connectivity index (χ3n) is 6.18. The normalized spacial score (nSPS) is 10.3. The number of thioether (sulfide) groups is 1. The van der Waals surface area contributed by atoms with E-state index in [4.69, 9.17) is 0 Å². The summed E-state index contributed by atoms with van der Waals surface area (Å²) in [5, 5.41) is 0. The highest BCUT2D eigenvalue weighted by Gasteiger charge is 2.28. The van der Waals surface area contributed by atoms with Gasteiger partial charge in [0.1, 0.15) is 0 Å². The Labute approximate surface area is 307 Å². The maximum absolute atomic E-state index is 13.0. The molecular weight excluding hydrogens is 701 g/mol. The van der Waals surface area contributed by atoms with Gasteiger partial charge in [-0.05, 0) is 73.0 Å². The van der Waals surface area contributed by atoms with Gasteiger partial charge in [0.25, 0.3) is 0 Å². The maximum atomic E-state index is 13.0. The minimum absolute atomic E-state index is 0.156. The van der Waals surface area contributed by atoms with Crippen LogP contribution in [0.5, 0.6) is 0 Å². The summed E-state index contributed by atoms with van der Waals surface area (Å²) in [4.78, 5) is 79.4. The summed E-state index contributed by atoms with van der Waals surface area (Å²) in [6.07, 6.45) is 4.97. The van der Waals surface area contributed by atoms with E-state index in [1.54, 1.807) is 18.8 Å². The Hall–Kier alpha value is -1.43. The van der Waals surface area contributed by atoms with Crippen molar-refractivity contribution in [1.82, 2.24) is 28.4 Å². The summed E-state index contributed by atoms with van der Waals surface area (Å²) < 4.78 is 3.34. The lowest BCUT2D eigenvalue weighted by Crippen LogP contribution is -2.54. The van der Waals surface area contributed by atoms with Gasteiger partial charge in [-0.1, -0.05) is 34.1 Å². The molecule has 0 saturated carbocycles. The topological polar surface area (TPSA) is 127 Å². The highest BCUT2D eigenvalue weighted by molar-refractivity contribution is 7.99. The smallest absolute Gasteiger partial charge is 0.327 e. The van der Waals surface area contributed by atoms with E-state index in [1.807, 2.05) is 13.8 Å². The van der Waals surface area contributed by atoms with Crippen LogP contribution in [-0.4, -0.2) is 108 Å². The van der Waals surface area contributed by atoms with E-state index in [0.717, 1.165) is 23.5 Å². The second kappa shape index (κ2) is 30.6. The van der Waals surface area contributed by atoms with Gasteiger partial charge in [0, 0.05) is 46.3 Å². The monoisotopic (exact) mass is 758 g/mol. The molecule has 47 heavy (non-hydrogen) atoms. The van der Waals surface area contributed by atoms with Gasteiger partial charge in [0.2, 0.25) is 6.41 Å². The fourth-order valence-corrected chi connectivity index (χ4v) is 5.37. The minimum atomic E-state index is -0.656. The van der Waals surface area contributed by atoms with E-state index < -0.39 is 29.1 Å². The Bertz CT molecular complexity index is 1130. The first kappa shape index (κ1) is 47.7. The highest BCUT2D eigenvalue weighted by atomic mass is 32.2. The third-order valence-corrected chi connectivity index (χ3v) is 8.60. The number of imide groups is 2. The molecule has 1 heterocycles. The Morgan fingerprint density at radius 1 is 0.660 bits per heavy atom. The highest BCUT2D eigenvalue weighted by Crippen LogP contribution is 2.09. The van der Waals surface area contributed by atoms with Crippen LogP contribution in [0.25, 0.3) is 0 Å². The van der Waals surface area contributed by atoms with Gasteiger partial charge in [-0.15, -0.1) is 0 Å². The summed E-state index contributed by atoms with van der Waals surface area (Å²) in [5.74, 6) is 3.40. The van der Waals surface area contributed by atoms with Gasteiger partial charge in [-0.25, -0.2) is 42.6 Å². The number of amides is 5. The molecule has 17 heteroatoms. The number of aromatic nitrogens is 3. The van der Waals surface area contributed by atoms with Crippen molar-refractivity contribution in [2.24, 2.45) is 0 Å². The van der Waals surface area contributed by atoms with Gasteiger partial charge < -0.3 is 4.90 Å². The molecule has 0 N–H and O–H groups in total. The van der Waals surface area contributed by atoms with Crippen LogP contribution in [-0.2, 0) is 24.4 Å². The lowest BCUT2D eigenvalue weighted by atomic mass is 10.4. The Morgan fingerprint density at radius 2 is 1.06 bits per heavy atom. The van der Waals surface area contributed by atoms with Gasteiger partial charge >= 0.3 is 29.1 Å². The number of nitrogens with zero attached hydrogens (tertiary/aromatic N) is 6. The minimum Gasteiger partial charge on any atom is -0.327 e. The molecule has 0 aliphatic rings. The molecule has 0 aliphatic heterocycles. The number of carbonyl (C=O) groups excluding carboxylic acids is 3. The van der Waals surface area contributed by atoms with Gasteiger partial charge in [-0.2, -0.15) is 62.3 Å².